The average molecular weight is 276 g/mol. The van der Waals surface area contributed by atoms with Crippen molar-refractivity contribution in [1.82, 2.24) is 10.2 Å². The second kappa shape index (κ2) is 6.37. The van der Waals surface area contributed by atoms with Gasteiger partial charge in [-0.1, -0.05) is 30.7 Å². The predicted octanol–water partition coefficient (Wildman–Crippen LogP) is 2.02. The number of benzene rings is 1. The number of amides is 1. The molecule has 0 bridgehead atoms. The van der Waals surface area contributed by atoms with Gasteiger partial charge in [0.2, 0.25) is 5.91 Å². The van der Waals surface area contributed by atoms with Gasteiger partial charge in [0.1, 0.15) is 6.17 Å². The summed E-state index contributed by atoms with van der Waals surface area (Å²) in [6.07, 6.45) is -0.0117. The Morgan fingerprint density at radius 1 is 1.45 bits per heavy atom. The SMILES string of the molecule is COCC(C)CN1C(=O)CNC1c1ccc(C)cc1C. The first-order chi connectivity index (χ1) is 9.52. The van der Waals surface area contributed by atoms with Crippen LogP contribution in [0.15, 0.2) is 18.2 Å². The molecule has 20 heavy (non-hydrogen) atoms. The standard InChI is InChI=1S/C16H24N2O2/c1-11-5-6-14(13(3)7-11)16-17-8-15(19)18(16)9-12(2)10-20-4/h5-7,12,16-17H,8-10H2,1-4H3. The van der Waals surface area contributed by atoms with Crippen LogP contribution in [0, 0.1) is 19.8 Å². The van der Waals surface area contributed by atoms with Crippen LogP contribution in [0.3, 0.4) is 0 Å². The van der Waals surface area contributed by atoms with Crippen molar-refractivity contribution in [1.29, 1.82) is 0 Å². The van der Waals surface area contributed by atoms with Crippen molar-refractivity contribution < 1.29 is 9.53 Å². The van der Waals surface area contributed by atoms with E-state index in [4.69, 9.17) is 4.74 Å². The molecular formula is C16H24N2O2. The van der Waals surface area contributed by atoms with Crippen LogP contribution in [-0.2, 0) is 9.53 Å². The minimum Gasteiger partial charge on any atom is -0.384 e. The van der Waals surface area contributed by atoms with Crippen LogP contribution in [0.4, 0.5) is 0 Å². The Morgan fingerprint density at radius 2 is 2.20 bits per heavy atom. The fourth-order valence-corrected chi connectivity index (χ4v) is 2.83. The van der Waals surface area contributed by atoms with Crippen LogP contribution in [-0.4, -0.2) is 37.6 Å². The molecule has 1 N–H and O–H groups in total. The molecule has 0 spiro atoms. The molecule has 2 atom stereocenters. The van der Waals surface area contributed by atoms with Gasteiger partial charge in [0.15, 0.2) is 0 Å². The van der Waals surface area contributed by atoms with Crippen LogP contribution in [0.1, 0.15) is 29.8 Å². The third-order valence-electron chi connectivity index (χ3n) is 3.76. The normalized spacial score (nSPS) is 20.5. The third-order valence-corrected chi connectivity index (χ3v) is 3.76. The topological polar surface area (TPSA) is 41.6 Å². The zero-order valence-corrected chi connectivity index (χ0v) is 12.8. The summed E-state index contributed by atoms with van der Waals surface area (Å²) in [5.74, 6) is 0.495. The number of hydrogen-bond donors (Lipinski definition) is 1. The molecule has 110 valence electrons. The van der Waals surface area contributed by atoms with Crippen molar-refractivity contribution in [3.63, 3.8) is 0 Å². The van der Waals surface area contributed by atoms with Crippen molar-refractivity contribution in [3.8, 4) is 0 Å². The summed E-state index contributed by atoms with van der Waals surface area (Å²) in [4.78, 5) is 14.0. The largest absolute Gasteiger partial charge is 0.384 e. The number of aryl methyl sites for hydroxylation is 2. The fraction of sp³-hybridized carbons (Fsp3) is 0.562. The molecule has 0 aromatic heterocycles. The Morgan fingerprint density at radius 3 is 2.85 bits per heavy atom. The molecule has 1 heterocycles. The van der Waals surface area contributed by atoms with Crippen LogP contribution in [0.5, 0.6) is 0 Å². The molecule has 2 rings (SSSR count). The Kier molecular flexibility index (Phi) is 4.78. The summed E-state index contributed by atoms with van der Waals surface area (Å²) in [5.41, 5.74) is 3.66. The van der Waals surface area contributed by atoms with E-state index < -0.39 is 0 Å². The summed E-state index contributed by atoms with van der Waals surface area (Å²) in [6.45, 7) is 8.10. The molecule has 0 aliphatic carbocycles. The zero-order valence-electron chi connectivity index (χ0n) is 12.8. The van der Waals surface area contributed by atoms with Crippen LogP contribution >= 0.6 is 0 Å². The second-order valence-electron chi connectivity index (χ2n) is 5.75. The van der Waals surface area contributed by atoms with Gasteiger partial charge in [0.25, 0.3) is 0 Å². The highest BCUT2D eigenvalue weighted by Gasteiger charge is 2.33. The molecule has 1 aromatic rings. The lowest BCUT2D eigenvalue weighted by atomic mass is 10.0. The van der Waals surface area contributed by atoms with Gasteiger partial charge in [-0.2, -0.15) is 0 Å². The van der Waals surface area contributed by atoms with Crippen molar-refractivity contribution in [2.24, 2.45) is 5.92 Å². The van der Waals surface area contributed by atoms with E-state index in [1.54, 1.807) is 7.11 Å². The van der Waals surface area contributed by atoms with Crippen LogP contribution in [0.25, 0.3) is 0 Å². The molecule has 4 heteroatoms. The molecule has 1 fully saturated rings. The number of methoxy groups -OCH3 is 1. The molecule has 1 amide bonds. The van der Waals surface area contributed by atoms with Crippen molar-refractivity contribution >= 4 is 5.91 Å². The van der Waals surface area contributed by atoms with E-state index in [9.17, 15) is 4.79 Å². The zero-order chi connectivity index (χ0) is 14.7. The van der Waals surface area contributed by atoms with Crippen LogP contribution in [0.2, 0.25) is 0 Å². The van der Waals surface area contributed by atoms with E-state index in [1.165, 1.54) is 16.7 Å². The van der Waals surface area contributed by atoms with Gasteiger partial charge in [-0.25, -0.2) is 0 Å². The molecule has 1 aliphatic heterocycles. The lowest BCUT2D eigenvalue weighted by Gasteiger charge is -2.28. The number of hydrogen-bond acceptors (Lipinski definition) is 3. The molecule has 0 saturated carbocycles. The summed E-state index contributed by atoms with van der Waals surface area (Å²) in [7, 11) is 1.70. The Hall–Kier alpha value is -1.39. The van der Waals surface area contributed by atoms with Gasteiger partial charge in [-0.3, -0.25) is 10.1 Å². The van der Waals surface area contributed by atoms with Gasteiger partial charge >= 0.3 is 0 Å². The summed E-state index contributed by atoms with van der Waals surface area (Å²) < 4.78 is 5.17. The monoisotopic (exact) mass is 276 g/mol. The van der Waals surface area contributed by atoms with E-state index in [0.29, 0.717) is 19.1 Å². The van der Waals surface area contributed by atoms with E-state index in [0.717, 1.165) is 6.54 Å². The van der Waals surface area contributed by atoms with Crippen molar-refractivity contribution in [2.45, 2.75) is 26.9 Å². The van der Waals surface area contributed by atoms with Gasteiger partial charge in [-0.05, 0) is 30.9 Å². The molecule has 1 aromatic carbocycles. The summed E-state index contributed by atoms with van der Waals surface area (Å²) >= 11 is 0. The van der Waals surface area contributed by atoms with Crippen molar-refractivity contribution in [3.05, 3.63) is 34.9 Å². The molecule has 2 unspecified atom stereocenters. The van der Waals surface area contributed by atoms with Crippen LogP contribution < -0.4 is 5.32 Å². The maximum Gasteiger partial charge on any atom is 0.238 e. The smallest absolute Gasteiger partial charge is 0.238 e. The van der Waals surface area contributed by atoms with E-state index >= 15 is 0 Å². The number of nitrogens with zero attached hydrogens (tertiary/aromatic N) is 1. The molecule has 1 saturated heterocycles. The minimum absolute atomic E-state index is 0.0117. The number of ether oxygens (including phenoxy) is 1. The van der Waals surface area contributed by atoms with Crippen molar-refractivity contribution in [2.75, 3.05) is 26.8 Å². The molecule has 1 aliphatic rings. The number of nitrogens with one attached hydrogen (secondary N) is 1. The summed E-state index contributed by atoms with van der Waals surface area (Å²) in [5, 5.41) is 3.32. The molecule has 0 radical (unpaired) electrons. The lowest BCUT2D eigenvalue weighted by Crippen LogP contribution is -2.35. The first-order valence-electron chi connectivity index (χ1n) is 7.12. The quantitative estimate of drug-likeness (QED) is 0.894. The first kappa shape index (κ1) is 15.0. The van der Waals surface area contributed by atoms with Gasteiger partial charge in [-0.15, -0.1) is 0 Å². The number of carbonyl (C=O) groups excluding carboxylic acids is 1. The highest BCUT2D eigenvalue weighted by atomic mass is 16.5. The highest BCUT2D eigenvalue weighted by Crippen LogP contribution is 2.26. The van der Waals surface area contributed by atoms with E-state index in [2.05, 4.69) is 44.3 Å². The number of carbonyl (C=O) groups is 1. The van der Waals surface area contributed by atoms with Gasteiger partial charge < -0.3 is 9.64 Å². The van der Waals surface area contributed by atoms with Gasteiger partial charge in [0.05, 0.1) is 13.2 Å². The molecular weight excluding hydrogens is 252 g/mol. The van der Waals surface area contributed by atoms with E-state index in [1.807, 2.05) is 4.90 Å². The second-order valence-corrected chi connectivity index (χ2v) is 5.75. The lowest BCUT2D eigenvalue weighted by molar-refractivity contribution is -0.128. The first-order valence-corrected chi connectivity index (χ1v) is 7.12. The molecule has 4 nitrogen and oxygen atoms in total. The summed E-state index contributed by atoms with van der Waals surface area (Å²) in [6, 6.07) is 6.38. The maximum atomic E-state index is 12.1. The van der Waals surface area contributed by atoms with E-state index in [-0.39, 0.29) is 12.1 Å². The number of rotatable bonds is 5. The fourth-order valence-electron chi connectivity index (χ4n) is 2.83. The predicted molar refractivity (Wildman–Crippen MR) is 79.4 cm³/mol. The Labute approximate surface area is 121 Å². The maximum absolute atomic E-state index is 12.1. The average Bonchev–Trinajstić information content (AvgIpc) is 2.72. The third kappa shape index (κ3) is 3.19. The Bertz CT molecular complexity index is 487. The minimum atomic E-state index is -0.0117. The van der Waals surface area contributed by atoms with Gasteiger partial charge in [0, 0.05) is 13.7 Å². The highest BCUT2D eigenvalue weighted by molar-refractivity contribution is 5.81. The Balaban J connectivity index is 2.19.